The average Bonchev–Trinajstić information content (AvgIpc) is 2.57. The molecule has 1 aromatic carbocycles. The smallest absolute Gasteiger partial charge is 0.239 e. The van der Waals surface area contributed by atoms with Gasteiger partial charge in [0.2, 0.25) is 18.2 Å². The number of hydrogen-bond donors (Lipinski definition) is 1. The van der Waals surface area contributed by atoms with Gasteiger partial charge in [-0.3, -0.25) is 14.4 Å². The maximum Gasteiger partial charge on any atom is 0.239 e. The minimum atomic E-state index is -1.29. The molecule has 0 bridgehead atoms. The number of halogens is 2. The number of carbonyl (C=O) groups excluding carboxylic acids is 3. The van der Waals surface area contributed by atoms with Crippen molar-refractivity contribution in [2.45, 2.75) is 13.8 Å². The van der Waals surface area contributed by atoms with Crippen LogP contribution in [-0.4, -0.2) is 54.2 Å². The number of nitrogens with zero attached hydrogens (tertiary/aromatic N) is 2. The maximum absolute atomic E-state index is 12.7. The van der Waals surface area contributed by atoms with E-state index in [2.05, 4.69) is 5.32 Å². The summed E-state index contributed by atoms with van der Waals surface area (Å²) in [4.78, 5) is 39.2. The molecule has 6 nitrogen and oxygen atoms in total. The molecule has 0 atom stereocenters. The summed E-state index contributed by atoms with van der Waals surface area (Å²) in [6, 6.07) is 4.89. The first-order valence-corrected chi connectivity index (χ1v) is 8.27. The fraction of sp³-hybridized carbons (Fsp3) is 0.438. The number of anilines is 1. The van der Waals surface area contributed by atoms with E-state index in [0.717, 1.165) is 6.41 Å². The van der Waals surface area contributed by atoms with Gasteiger partial charge in [-0.15, -0.1) is 0 Å². The number of piperazine rings is 1. The highest BCUT2D eigenvalue weighted by atomic mass is 35.5. The van der Waals surface area contributed by atoms with Crippen molar-refractivity contribution in [1.82, 2.24) is 9.80 Å². The van der Waals surface area contributed by atoms with Crippen LogP contribution < -0.4 is 5.32 Å². The Kier molecular flexibility index (Phi) is 5.72. The molecule has 0 unspecified atom stereocenters. The summed E-state index contributed by atoms with van der Waals surface area (Å²) in [7, 11) is 0. The van der Waals surface area contributed by atoms with Crippen LogP contribution in [0.5, 0.6) is 0 Å². The lowest BCUT2D eigenvalue weighted by Crippen LogP contribution is -2.54. The molecule has 1 N–H and O–H groups in total. The third-order valence-electron chi connectivity index (χ3n) is 4.05. The molecule has 3 amide bonds. The van der Waals surface area contributed by atoms with Crippen molar-refractivity contribution in [2.75, 3.05) is 31.5 Å². The Bertz CT molecular complexity index is 636. The van der Waals surface area contributed by atoms with Crippen molar-refractivity contribution in [3.05, 3.63) is 28.2 Å². The number of carbonyl (C=O) groups is 3. The zero-order valence-corrected chi connectivity index (χ0v) is 15.0. The second-order valence-corrected chi connectivity index (χ2v) is 6.92. The van der Waals surface area contributed by atoms with Crippen LogP contribution in [0.3, 0.4) is 0 Å². The van der Waals surface area contributed by atoms with Gasteiger partial charge in [0.05, 0.1) is 15.7 Å². The molecule has 1 aliphatic rings. The summed E-state index contributed by atoms with van der Waals surface area (Å²) in [5.74, 6) is -0.783. The molecule has 0 radical (unpaired) electrons. The van der Waals surface area contributed by atoms with Crippen molar-refractivity contribution < 1.29 is 14.4 Å². The number of hydrogen-bond acceptors (Lipinski definition) is 3. The van der Waals surface area contributed by atoms with Gasteiger partial charge >= 0.3 is 0 Å². The molecular formula is C16H19Cl2N3O3. The van der Waals surface area contributed by atoms with Crippen LogP contribution in [0.15, 0.2) is 18.2 Å². The van der Waals surface area contributed by atoms with E-state index in [0.29, 0.717) is 36.2 Å². The van der Waals surface area contributed by atoms with Gasteiger partial charge in [0.25, 0.3) is 0 Å². The van der Waals surface area contributed by atoms with E-state index in [4.69, 9.17) is 23.2 Å². The highest BCUT2D eigenvalue weighted by Gasteiger charge is 2.40. The Balaban J connectivity index is 2.10. The molecule has 1 fully saturated rings. The normalized spacial score (nSPS) is 15.2. The van der Waals surface area contributed by atoms with Gasteiger partial charge in [0, 0.05) is 26.2 Å². The Morgan fingerprint density at radius 3 is 2.17 bits per heavy atom. The monoisotopic (exact) mass is 371 g/mol. The van der Waals surface area contributed by atoms with Crippen molar-refractivity contribution >= 4 is 47.1 Å². The van der Waals surface area contributed by atoms with Gasteiger partial charge in [0.15, 0.2) is 0 Å². The van der Waals surface area contributed by atoms with E-state index in [-0.39, 0.29) is 11.6 Å². The molecule has 0 saturated carbocycles. The highest BCUT2D eigenvalue weighted by Crippen LogP contribution is 2.32. The molecule has 0 spiro atoms. The Hall–Kier alpha value is -1.79. The Morgan fingerprint density at radius 2 is 1.67 bits per heavy atom. The molecule has 0 aliphatic carbocycles. The molecule has 2 rings (SSSR count). The summed E-state index contributed by atoms with van der Waals surface area (Å²) in [5.41, 5.74) is -0.997. The topological polar surface area (TPSA) is 69.7 Å². The third kappa shape index (κ3) is 3.82. The van der Waals surface area contributed by atoms with Crippen molar-refractivity contribution in [2.24, 2.45) is 5.41 Å². The van der Waals surface area contributed by atoms with Crippen LogP contribution in [0.25, 0.3) is 0 Å². The summed E-state index contributed by atoms with van der Waals surface area (Å²) in [6.45, 7) is 4.85. The van der Waals surface area contributed by atoms with E-state index >= 15 is 0 Å². The number of amides is 3. The largest absolute Gasteiger partial charge is 0.342 e. The van der Waals surface area contributed by atoms with E-state index in [9.17, 15) is 14.4 Å². The minimum absolute atomic E-state index is 0.289. The van der Waals surface area contributed by atoms with Crippen LogP contribution in [0, 0.1) is 5.41 Å². The van der Waals surface area contributed by atoms with Gasteiger partial charge in [0.1, 0.15) is 5.41 Å². The first kappa shape index (κ1) is 18.5. The van der Waals surface area contributed by atoms with Crippen LogP contribution >= 0.6 is 23.2 Å². The number of rotatable bonds is 4. The molecule has 8 heteroatoms. The first-order valence-electron chi connectivity index (χ1n) is 7.51. The van der Waals surface area contributed by atoms with Crippen molar-refractivity contribution in [3.8, 4) is 0 Å². The lowest BCUT2D eigenvalue weighted by Gasteiger charge is -2.36. The molecule has 1 saturated heterocycles. The van der Waals surface area contributed by atoms with Gasteiger partial charge in [-0.05, 0) is 26.0 Å². The summed E-state index contributed by atoms with van der Waals surface area (Å²) in [6.07, 6.45) is 0.763. The summed E-state index contributed by atoms with van der Waals surface area (Å²) in [5, 5.41) is 3.25. The molecule has 1 aromatic rings. The SMILES string of the molecule is CC(C)(C(=O)Nc1c(Cl)cccc1Cl)C(=O)N1CCN(C=O)CC1. The third-order valence-corrected chi connectivity index (χ3v) is 4.68. The van der Waals surface area contributed by atoms with Gasteiger partial charge in [-0.2, -0.15) is 0 Å². The lowest BCUT2D eigenvalue weighted by molar-refractivity contribution is -0.148. The van der Waals surface area contributed by atoms with Gasteiger partial charge in [-0.1, -0.05) is 29.3 Å². The minimum Gasteiger partial charge on any atom is -0.342 e. The molecule has 1 heterocycles. The summed E-state index contributed by atoms with van der Waals surface area (Å²) < 4.78 is 0. The average molecular weight is 372 g/mol. The predicted octanol–water partition coefficient (Wildman–Crippen LogP) is 2.26. The van der Waals surface area contributed by atoms with Crippen molar-refractivity contribution in [1.29, 1.82) is 0 Å². The standard InChI is InChI=1S/C16H19Cl2N3O3/c1-16(2,15(24)21-8-6-20(10-22)7-9-21)14(23)19-13-11(17)4-3-5-12(13)18/h3-5,10H,6-9H2,1-2H3,(H,19,23). The lowest BCUT2D eigenvalue weighted by atomic mass is 9.89. The maximum atomic E-state index is 12.7. The number of para-hydroxylation sites is 1. The Labute approximate surface area is 150 Å². The number of nitrogens with one attached hydrogen (secondary N) is 1. The van der Waals surface area contributed by atoms with Crippen LogP contribution in [0.4, 0.5) is 5.69 Å². The second-order valence-electron chi connectivity index (χ2n) is 6.11. The van der Waals surface area contributed by atoms with E-state index in [1.807, 2.05) is 0 Å². The van der Waals surface area contributed by atoms with E-state index < -0.39 is 11.3 Å². The molecule has 130 valence electrons. The number of benzene rings is 1. The van der Waals surface area contributed by atoms with Crippen LogP contribution in [-0.2, 0) is 14.4 Å². The fourth-order valence-corrected chi connectivity index (χ4v) is 2.90. The first-order chi connectivity index (χ1) is 11.3. The zero-order valence-electron chi connectivity index (χ0n) is 13.5. The highest BCUT2D eigenvalue weighted by molar-refractivity contribution is 6.40. The van der Waals surface area contributed by atoms with E-state index in [1.54, 1.807) is 41.8 Å². The zero-order chi connectivity index (χ0) is 17.9. The molecular weight excluding hydrogens is 353 g/mol. The van der Waals surface area contributed by atoms with Crippen LogP contribution in [0.1, 0.15) is 13.8 Å². The fourth-order valence-electron chi connectivity index (χ4n) is 2.41. The molecule has 0 aromatic heterocycles. The van der Waals surface area contributed by atoms with E-state index in [1.165, 1.54) is 0 Å². The molecule has 24 heavy (non-hydrogen) atoms. The van der Waals surface area contributed by atoms with Gasteiger partial charge in [-0.25, -0.2) is 0 Å². The Morgan fingerprint density at radius 1 is 1.12 bits per heavy atom. The van der Waals surface area contributed by atoms with Crippen molar-refractivity contribution in [3.63, 3.8) is 0 Å². The predicted molar refractivity (Wildman–Crippen MR) is 93.1 cm³/mol. The summed E-state index contributed by atoms with van der Waals surface area (Å²) >= 11 is 12.1. The molecule has 1 aliphatic heterocycles. The van der Waals surface area contributed by atoms with Crippen LogP contribution in [0.2, 0.25) is 10.0 Å². The van der Waals surface area contributed by atoms with Gasteiger partial charge < -0.3 is 15.1 Å². The second kappa shape index (κ2) is 7.40. The quantitative estimate of drug-likeness (QED) is 0.651.